The van der Waals surface area contributed by atoms with Gasteiger partial charge in [-0.3, -0.25) is 4.79 Å². The monoisotopic (exact) mass is 352 g/mol. The first-order valence-corrected chi connectivity index (χ1v) is 8.43. The number of halogens is 2. The number of hydrogen-bond acceptors (Lipinski definition) is 4. The van der Waals surface area contributed by atoms with Crippen LogP contribution in [0, 0.1) is 0 Å². The summed E-state index contributed by atoms with van der Waals surface area (Å²) in [4.78, 5) is 13.7. The fraction of sp³-hybridized carbons (Fsp3) is 0.462. The lowest BCUT2D eigenvalue weighted by atomic mass is 10.1. The molecule has 1 heterocycles. The van der Waals surface area contributed by atoms with Crippen LogP contribution in [0.4, 0.5) is 0 Å². The number of rotatable bonds is 3. The Hall–Kier alpha value is -0.820. The van der Waals surface area contributed by atoms with Crippen molar-refractivity contribution in [2.45, 2.75) is 23.8 Å². The highest BCUT2D eigenvalue weighted by molar-refractivity contribution is 7.92. The van der Waals surface area contributed by atoms with Crippen LogP contribution in [0.2, 0.25) is 5.02 Å². The predicted molar refractivity (Wildman–Crippen MR) is 84.5 cm³/mol. The summed E-state index contributed by atoms with van der Waals surface area (Å²) in [5.74, 6) is -0.920. The fourth-order valence-electron chi connectivity index (χ4n) is 2.22. The van der Waals surface area contributed by atoms with Gasteiger partial charge >= 0.3 is 0 Å². The van der Waals surface area contributed by atoms with Gasteiger partial charge in [0.05, 0.1) is 4.90 Å². The predicted octanol–water partition coefficient (Wildman–Crippen LogP) is 1.49. The van der Waals surface area contributed by atoms with E-state index < -0.39 is 21.5 Å². The van der Waals surface area contributed by atoms with Crippen LogP contribution in [0.3, 0.4) is 0 Å². The Morgan fingerprint density at radius 3 is 2.52 bits per heavy atom. The zero-order valence-corrected chi connectivity index (χ0v) is 13.8. The molecule has 21 heavy (non-hydrogen) atoms. The number of hydrogen-bond donors (Lipinski definition) is 1. The van der Waals surface area contributed by atoms with Crippen molar-refractivity contribution >= 4 is 39.8 Å². The van der Waals surface area contributed by atoms with Gasteiger partial charge in [0.1, 0.15) is 5.75 Å². The molecule has 1 saturated heterocycles. The van der Waals surface area contributed by atoms with Gasteiger partial charge in [-0.1, -0.05) is 11.6 Å². The summed E-state index contributed by atoms with van der Waals surface area (Å²) in [6, 6.07) is 5.75. The first-order valence-electron chi connectivity index (χ1n) is 6.40. The van der Waals surface area contributed by atoms with Crippen molar-refractivity contribution in [1.82, 2.24) is 4.90 Å². The van der Waals surface area contributed by atoms with Crippen LogP contribution in [0.15, 0.2) is 29.2 Å². The normalized spacial score (nSPS) is 19.0. The Kier molecular flexibility index (Phi) is 6.46. The highest BCUT2D eigenvalue weighted by Crippen LogP contribution is 2.17. The van der Waals surface area contributed by atoms with Gasteiger partial charge in [-0.05, 0) is 37.1 Å². The zero-order valence-electron chi connectivity index (χ0n) is 11.4. The minimum Gasteiger partial charge on any atom is -0.340 e. The Bertz CT molecular complexity index is 590. The van der Waals surface area contributed by atoms with Gasteiger partial charge in [0, 0.05) is 24.2 Å². The molecule has 0 aromatic heterocycles. The number of nitrogens with two attached hydrogens (primary N) is 1. The maximum Gasteiger partial charge on any atom is 0.238 e. The van der Waals surface area contributed by atoms with Crippen molar-refractivity contribution in [3.8, 4) is 0 Å². The van der Waals surface area contributed by atoms with E-state index in [0.717, 1.165) is 12.8 Å². The van der Waals surface area contributed by atoms with E-state index in [1.807, 2.05) is 0 Å². The average Bonchev–Trinajstić information content (AvgIpc) is 2.38. The molecule has 8 heteroatoms. The number of piperidine rings is 1. The minimum atomic E-state index is -3.63. The van der Waals surface area contributed by atoms with Crippen molar-refractivity contribution in [2.24, 2.45) is 5.73 Å². The van der Waals surface area contributed by atoms with Gasteiger partial charge in [0.2, 0.25) is 5.91 Å². The number of nitrogens with zero attached hydrogens (tertiary/aromatic N) is 1. The molecule has 1 aliphatic rings. The van der Waals surface area contributed by atoms with Gasteiger partial charge in [0.15, 0.2) is 9.84 Å². The summed E-state index contributed by atoms with van der Waals surface area (Å²) in [5.41, 5.74) is 5.80. The minimum absolute atomic E-state index is 0. The van der Waals surface area contributed by atoms with Crippen LogP contribution in [-0.2, 0) is 14.6 Å². The van der Waals surface area contributed by atoms with E-state index in [1.165, 1.54) is 29.2 Å². The molecule has 0 bridgehead atoms. The lowest BCUT2D eigenvalue weighted by Crippen LogP contribution is -2.47. The molecule has 1 aliphatic heterocycles. The standard InChI is InChI=1S/C13H17ClN2O3S.ClH/c14-10-3-5-12(6-4-10)20(18,19)9-13(17)16-7-1-2-11(15)8-16;/h3-6,11H,1-2,7-9,15H2;1H. The van der Waals surface area contributed by atoms with E-state index >= 15 is 0 Å². The largest absolute Gasteiger partial charge is 0.340 e. The van der Waals surface area contributed by atoms with Gasteiger partial charge < -0.3 is 10.6 Å². The Labute approximate surface area is 135 Å². The van der Waals surface area contributed by atoms with E-state index in [0.29, 0.717) is 18.1 Å². The van der Waals surface area contributed by atoms with E-state index in [2.05, 4.69) is 0 Å². The summed E-state index contributed by atoms with van der Waals surface area (Å²) in [7, 11) is -3.63. The second-order valence-corrected chi connectivity index (χ2v) is 7.38. The topological polar surface area (TPSA) is 80.5 Å². The maximum absolute atomic E-state index is 12.2. The molecule has 5 nitrogen and oxygen atoms in total. The summed E-state index contributed by atoms with van der Waals surface area (Å²) < 4.78 is 24.3. The summed E-state index contributed by atoms with van der Waals surface area (Å²) >= 11 is 5.72. The van der Waals surface area contributed by atoms with Gasteiger partial charge in [0.25, 0.3) is 0 Å². The van der Waals surface area contributed by atoms with E-state index in [-0.39, 0.29) is 23.3 Å². The SMILES string of the molecule is Cl.NC1CCCN(C(=O)CS(=O)(=O)c2ccc(Cl)cc2)C1. The molecular formula is C13H18Cl2N2O3S. The molecule has 118 valence electrons. The van der Waals surface area contributed by atoms with Crippen LogP contribution in [0.5, 0.6) is 0 Å². The van der Waals surface area contributed by atoms with Crippen molar-refractivity contribution in [3.63, 3.8) is 0 Å². The molecule has 0 radical (unpaired) electrons. The van der Waals surface area contributed by atoms with Gasteiger partial charge in [-0.2, -0.15) is 0 Å². The summed E-state index contributed by atoms with van der Waals surface area (Å²) in [6.45, 7) is 0.998. The molecule has 1 aromatic rings. The number of amides is 1. The van der Waals surface area contributed by atoms with E-state index in [4.69, 9.17) is 17.3 Å². The number of carbonyl (C=O) groups is 1. The van der Waals surface area contributed by atoms with Crippen molar-refractivity contribution < 1.29 is 13.2 Å². The van der Waals surface area contributed by atoms with Crippen LogP contribution in [0.1, 0.15) is 12.8 Å². The number of carbonyl (C=O) groups excluding carboxylic acids is 1. The summed E-state index contributed by atoms with van der Waals surface area (Å²) in [6.07, 6.45) is 1.68. The molecule has 2 rings (SSSR count). The second kappa shape index (κ2) is 7.45. The van der Waals surface area contributed by atoms with E-state index in [9.17, 15) is 13.2 Å². The smallest absolute Gasteiger partial charge is 0.238 e. The number of likely N-dealkylation sites (tertiary alicyclic amines) is 1. The maximum atomic E-state index is 12.2. The van der Waals surface area contributed by atoms with Crippen molar-refractivity contribution in [2.75, 3.05) is 18.8 Å². The Balaban J connectivity index is 0.00000220. The van der Waals surface area contributed by atoms with Crippen molar-refractivity contribution in [1.29, 1.82) is 0 Å². The third kappa shape index (κ3) is 4.85. The third-order valence-corrected chi connectivity index (χ3v) is 5.17. The first kappa shape index (κ1) is 18.2. The molecule has 0 spiro atoms. The van der Waals surface area contributed by atoms with Crippen LogP contribution in [0.25, 0.3) is 0 Å². The van der Waals surface area contributed by atoms with Crippen LogP contribution < -0.4 is 5.73 Å². The quantitative estimate of drug-likeness (QED) is 0.893. The van der Waals surface area contributed by atoms with Crippen molar-refractivity contribution in [3.05, 3.63) is 29.3 Å². The highest BCUT2D eigenvalue weighted by atomic mass is 35.5. The Morgan fingerprint density at radius 1 is 1.33 bits per heavy atom. The average molecular weight is 353 g/mol. The third-order valence-electron chi connectivity index (χ3n) is 3.30. The molecular weight excluding hydrogens is 335 g/mol. The molecule has 0 aliphatic carbocycles. The molecule has 1 atom stereocenters. The lowest BCUT2D eigenvalue weighted by Gasteiger charge is -2.30. The summed E-state index contributed by atoms with van der Waals surface area (Å²) in [5, 5.41) is 0.456. The molecule has 1 fully saturated rings. The fourth-order valence-corrected chi connectivity index (χ4v) is 3.57. The number of sulfone groups is 1. The Morgan fingerprint density at radius 2 is 1.95 bits per heavy atom. The highest BCUT2D eigenvalue weighted by Gasteiger charge is 2.26. The van der Waals surface area contributed by atoms with Crippen LogP contribution in [-0.4, -0.2) is 44.1 Å². The molecule has 1 amide bonds. The molecule has 0 saturated carbocycles. The molecule has 1 unspecified atom stereocenters. The molecule has 2 N–H and O–H groups in total. The van der Waals surface area contributed by atoms with Crippen LogP contribution >= 0.6 is 24.0 Å². The molecule has 1 aromatic carbocycles. The van der Waals surface area contributed by atoms with Gasteiger partial charge in [-0.15, -0.1) is 12.4 Å². The van der Waals surface area contributed by atoms with Gasteiger partial charge in [-0.25, -0.2) is 8.42 Å². The lowest BCUT2D eigenvalue weighted by molar-refractivity contribution is -0.129. The zero-order chi connectivity index (χ0) is 14.8. The first-order chi connectivity index (χ1) is 9.38. The van der Waals surface area contributed by atoms with E-state index in [1.54, 1.807) is 0 Å². The second-order valence-electron chi connectivity index (χ2n) is 4.96. The number of benzene rings is 1.